The molecule has 0 spiro atoms. The highest BCUT2D eigenvalue weighted by Crippen LogP contribution is 2.28. The molecule has 150 valence electrons. The van der Waals surface area contributed by atoms with E-state index in [0.717, 1.165) is 47.0 Å². The molecule has 2 N–H and O–H groups in total. The number of carbonyl (C=O) groups is 1. The molecule has 1 aliphatic carbocycles. The molecular formula is C23H31N2O3+. The van der Waals surface area contributed by atoms with Crippen molar-refractivity contribution in [3.8, 4) is 11.5 Å². The lowest BCUT2D eigenvalue weighted by molar-refractivity contribution is -0.907. The van der Waals surface area contributed by atoms with Crippen molar-refractivity contribution in [1.82, 2.24) is 0 Å². The Kier molecular flexibility index (Phi) is 6.57. The largest absolute Gasteiger partial charge is 0.493 e. The van der Waals surface area contributed by atoms with E-state index in [9.17, 15) is 4.79 Å². The highest BCUT2D eigenvalue weighted by Gasteiger charge is 2.23. The number of fused-ring (bicyclic) bond motifs is 1. The summed E-state index contributed by atoms with van der Waals surface area (Å²) in [5.41, 5.74) is 4.79. The Bertz CT molecular complexity index is 835. The summed E-state index contributed by atoms with van der Waals surface area (Å²) in [5, 5.41) is 3.08. The van der Waals surface area contributed by atoms with E-state index < -0.39 is 0 Å². The molecule has 1 unspecified atom stereocenters. The molecule has 2 aromatic carbocycles. The number of benzene rings is 2. The number of carbonyl (C=O) groups excluding carboxylic acids is 1. The van der Waals surface area contributed by atoms with Crippen LogP contribution in [0.1, 0.15) is 37.0 Å². The van der Waals surface area contributed by atoms with E-state index in [2.05, 4.69) is 17.4 Å². The minimum Gasteiger partial charge on any atom is -0.493 e. The monoisotopic (exact) mass is 383 g/mol. The maximum atomic E-state index is 12.7. The summed E-state index contributed by atoms with van der Waals surface area (Å²) in [4.78, 5) is 13.8. The molecular weight excluding hydrogens is 352 g/mol. The molecule has 0 aliphatic heterocycles. The molecule has 0 bridgehead atoms. The third-order valence-electron chi connectivity index (χ3n) is 5.51. The fourth-order valence-electron chi connectivity index (χ4n) is 3.70. The molecule has 0 saturated heterocycles. The van der Waals surface area contributed by atoms with Crippen molar-refractivity contribution in [2.45, 2.75) is 45.7 Å². The van der Waals surface area contributed by atoms with E-state index in [0.29, 0.717) is 6.61 Å². The fourth-order valence-corrected chi connectivity index (χ4v) is 3.70. The van der Waals surface area contributed by atoms with Crippen LogP contribution in [0.4, 0.5) is 5.69 Å². The number of aryl methyl sites for hydroxylation is 2. The summed E-state index contributed by atoms with van der Waals surface area (Å²) in [6, 6.07) is 12.1. The second kappa shape index (κ2) is 9.11. The molecule has 0 heterocycles. The maximum absolute atomic E-state index is 12.7. The first kappa shape index (κ1) is 20.2. The van der Waals surface area contributed by atoms with Gasteiger partial charge in [-0.1, -0.05) is 6.07 Å². The van der Waals surface area contributed by atoms with Crippen LogP contribution in [0.5, 0.6) is 11.5 Å². The Hall–Kier alpha value is -2.53. The van der Waals surface area contributed by atoms with Gasteiger partial charge in [0.25, 0.3) is 5.91 Å². The molecule has 0 fully saturated rings. The summed E-state index contributed by atoms with van der Waals surface area (Å²) in [6.45, 7) is 5.23. The molecule has 28 heavy (non-hydrogen) atoms. The number of anilines is 1. The van der Waals surface area contributed by atoms with Gasteiger partial charge in [-0.15, -0.1) is 0 Å². The Morgan fingerprint density at radius 2 is 1.93 bits per heavy atom. The van der Waals surface area contributed by atoms with Gasteiger partial charge in [0.2, 0.25) is 0 Å². The van der Waals surface area contributed by atoms with Gasteiger partial charge in [0.1, 0.15) is 6.54 Å². The number of ether oxygens (including phenoxy) is 2. The molecule has 2 atom stereocenters. The van der Waals surface area contributed by atoms with Crippen molar-refractivity contribution in [2.24, 2.45) is 0 Å². The number of methoxy groups -OCH3 is 1. The minimum atomic E-state index is -0.175. The van der Waals surface area contributed by atoms with Gasteiger partial charge in [0.15, 0.2) is 17.5 Å². The second-order valence-electron chi connectivity index (χ2n) is 7.49. The summed E-state index contributed by atoms with van der Waals surface area (Å²) in [6.07, 6.45) is 3.47. The number of likely N-dealkylation sites (N-methyl/N-ethyl adjacent to an activating group) is 1. The van der Waals surface area contributed by atoms with Gasteiger partial charge in [-0.3, -0.25) is 4.79 Å². The zero-order valence-electron chi connectivity index (χ0n) is 17.3. The second-order valence-corrected chi connectivity index (χ2v) is 7.49. The van der Waals surface area contributed by atoms with Gasteiger partial charge in [-0.25, -0.2) is 0 Å². The first-order valence-electron chi connectivity index (χ1n) is 10.1. The maximum Gasteiger partial charge on any atom is 0.282 e. The average molecular weight is 384 g/mol. The molecule has 1 aliphatic rings. The zero-order valence-corrected chi connectivity index (χ0v) is 17.3. The Labute approximate surface area is 167 Å². The summed E-state index contributed by atoms with van der Waals surface area (Å²) in [7, 11) is 3.68. The molecule has 0 radical (unpaired) electrons. The van der Waals surface area contributed by atoms with Crippen LogP contribution in [0.25, 0.3) is 0 Å². The number of amides is 1. The van der Waals surface area contributed by atoms with E-state index in [1.165, 1.54) is 17.5 Å². The van der Waals surface area contributed by atoms with Crippen LogP contribution in [0.3, 0.4) is 0 Å². The van der Waals surface area contributed by atoms with Crippen LogP contribution in [0.15, 0.2) is 36.4 Å². The molecule has 0 aromatic heterocycles. The first-order valence-corrected chi connectivity index (χ1v) is 10.1. The van der Waals surface area contributed by atoms with Gasteiger partial charge in [0.05, 0.1) is 20.8 Å². The standard InChI is InChI=1S/C23H30N2O3/c1-5-28-21-12-9-17(13-22(21)27-4)15-25(3)16(2)23(26)24-20-11-10-18-7-6-8-19(18)14-20/h9-14,16H,5-8,15H2,1-4H3,(H,24,26)/p+1/t16-/m0/s1. The molecule has 5 heteroatoms. The molecule has 0 saturated carbocycles. The third-order valence-corrected chi connectivity index (χ3v) is 5.51. The lowest BCUT2D eigenvalue weighted by Gasteiger charge is -2.22. The summed E-state index contributed by atoms with van der Waals surface area (Å²) >= 11 is 0. The van der Waals surface area contributed by atoms with E-state index >= 15 is 0 Å². The molecule has 3 rings (SSSR count). The average Bonchev–Trinajstić information content (AvgIpc) is 3.16. The summed E-state index contributed by atoms with van der Waals surface area (Å²) < 4.78 is 11.0. The van der Waals surface area contributed by atoms with Gasteiger partial charge in [-0.05, 0) is 74.6 Å². The first-order chi connectivity index (χ1) is 13.5. The number of quaternary nitrogens is 1. The van der Waals surface area contributed by atoms with E-state index in [-0.39, 0.29) is 11.9 Å². The van der Waals surface area contributed by atoms with Crippen LogP contribution in [-0.2, 0) is 24.2 Å². The van der Waals surface area contributed by atoms with Crippen molar-refractivity contribution in [3.05, 3.63) is 53.1 Å². The lowest BCUT2D eigenvalue weighted by atomic mass is 10.1. The smallest absolute Gasteiger partial charge is 0.282 e. The molecule has 2 aromatic rings. The molecule has 1 amide bonds. The highest BCUT2D eigenvalue weighted by molar-refractivity contribution is 5.93. The van der Waals surface area contributed by atoms with Crippen molar-refractivity contribution >= 4 is 11.6 Å². The number of hydrogen-bond donors (Lipinski definition) is 2. The normalized spacial score (nSPS) is 14.9. The number of rotatable bonds is 8. The van der Waals surface area contributed by atoms with Gasteiger partial charge in [-0.2, -0.15) is 0 Å². The van der Waals surface area contributed by atoms with Gasteiger partial charge >= 0.3 is 0 Å². The fraction of sp³-hybridized carbons (Fsp3) is 0.435. The third kappa shape index (κ3) is 4.65. The topological polar surface area (TPSA) is 52.0 Å². The highest BCUT2D eigenvalue weighted by atomic mass is 16.5. The zero-order chi connectivity index (χ0) is 20.1. The van der Waals surface area contributed by atoms with Crippen LogP contribution in [-0.4, -0.2) is 32.7 Å². The van der Waals surface area contributed by atoms with Crippen molar-refractivity contribution in [3.63, 3.8) is 0 Å². The van der Waals surface area contributed by atoms with E-state index in [1.807, 2.05) is 45.2 Å². The van der Waals surface area contributed by atoms with E-state index in [4.69, 9.17) is 9.47 Å². The summed E-state index contributed by atoms with van der Waals surface area (Å²) in [5.74, 6) is 1.50. The Morgan fingerprint density at radius 1 is 1.14 bits per heavy atom. The van der Waals surface area contributed by atoms with Crippen molar-refractivity contribution < 1.29 is 19.2 Å². The number of hydrogen-bond acceptors (Lipinski definition) is 3. The Morgan fingerprint density at radius 3 is 2.68 bits per heavy atom. The van der Waals surface area contributed by atoms with Gasteiger partial charge < -0.3 is 19.7 Å². The predicted octanol–water partition coefficient (Wildman–Crippen LogP) is 2.62. The quantitative estimate of drug-likeness (QED) is 0.737. The molecule has 5 nitrogen and oxygen atoms in total. The van der Waals surface area contributed by atoms with Crippen molar-refractivity contribution in [2.75, 3.05) is 26.1 Å². The predicted molar refractivity (Wildman–Crippen MR) is 111 cm³/mol. The van der Waals surface area contributed by atoms with E-state index in [1.54, 1.807) is 7.11 Å². The minimum absolute atomic E-state index is 0.0355. The Balaban J connectivity index is 1.62. The van der Waals surface area contributed by atoms with Crippen LogP contribution < -0.4 is 19.7 Å². The van der Waals surface area contributed by atoms with Crippen LogP contribution in [0, 0.1) is 0 Å². The van der Waals surface area contributed by atoms with Crippen molar-refractivity contribution in [1.29, 1.82) is 0 Å². The lowest BCUT2D eigenvalue weighted by Crippen LogP contribution is -3.12. The van der Waals surface area contributed by atoms with Gasteiger partial charge in [0, 0.05) is 11.3 Å². The number of nitrogens with one attached hydrogen (secondary N) is 2. The van der Waals surface area contributed by atoms with Crippen LogP contribution >= 0.6 is 0 Å². The van der Waals surface area contributed by atoms with Crippen LogP contribution in [0.2, 0.25) is 0 Å². The SMILES string of the molecule is CCOc1ccc(C[NH+](C)[C@@H](C)C(=O)Nc2ccc3c(c2)CCC3)cc1OC.